The van der Waals surface area contributed by atoms with Crippen molar-refractivity contribution in [2.75, 3.05) is 14.2 Å². The molecule has 2 rings (SSSR count). The number of ether oxygens (including phenoxy) is 2. The number of rotatable bonds is 4. The van der Waals surface area contributed by atoms with Crippen molar-refractivity contribution in [2.45, 2.75) is 26.9 Å². The zero-order valence-corrected chi connectivity index (χ0v) is 12.6. The average Bonchev–Trinajstić information content (AvgIpc) is 2.73. The Morgan fingerprint density at radius 1 is 1.00 bits per heavy atom. The minimum Gasteiger partial charge on any atom is -0.496 e. The zero-order valence-electron chi connectivity index (χ0n) is 12.6. The van der Waals surface area contributed by atoms with Crippen LogP contribution in [0.1, 0.15) is 34.2 Å². The Hall–Kier alpha value is -1.94. The standard InChI is InChI=1S/C16H21NO3/c1-9-10(2)15(17-11(9)3)16(18)14-12(19-4)7-6-8-13(14)20-5/h6-8,16-18H,1-5H3. The van der Waals surface area contributed by atoms with Gasteiger partial charge in [0.25, 0.3) is 0 Å². The van der Waals surface area contributed by atoms with Gasteiger partial charge >= 0.3 is 0 Å². The van der Waals surface area contributed by atoms with Crippen molar-refractivity contribution in [1.82, 2.24) is 4.98 Å². The van der Waals surface area contributed by atoms with Crippen LogP contribution in [-0.2, 0) is 0 Å². The Labute approximate surface area is 119 Å². The van der Waals surface area contributed by atoms with Crippen LogP contribution < -0.4 is 9.47 Å². The molecule has 0 spiro atoms. The van der Waals surface area contributed by atoms with Crippen LogP contribution in [0, 0.1) is 20.8 Å². The Morgan fingerprint density at radius 3 is 1.95 bits per heavy atom. The van der Waals surface area contributed by atoms with Crippen molar-refractivity contribution in [3.63, 3.8) is 0 Å². The fourth-order valence-corrected chi connectivity index (χ4v) is 2.44. The van der Waals surface area contributed by atoms with Crippen LogP contribution in [0.2, 0.25) is 0 Å². The minimum absolute atomic E-state index is 0.612. The highest BCUT2D eigenvalue weighted by molar-refractivity contribution is 5.50. The van der Waals surface area contributed by atoms with Gasteiger partial charge in [0.1, 0.15) is 17.6 Å². The minimum atomic E-state index is -0.812. The Balaban J connectivity index is 2.58. The third-order valence-corrected chi connectivity index (χ3v) is 3.86. The first kappa shape index (κ1) is 14.5. The SMILES string of the molecule is COc1cccc(OC)c1C(O)c1[nH]c(C)c(C)c1C. The maximum Gasteiger partial charge on any atom is 0.128 e. The van der Waals surface area contributed by atoms with Crippen LogP contribution in [-0.4, -0.2) is 24.3 Å². The van der Waals surface area contributed by atoms with Crippen LogP contribution in [0.15, 0.2) is 18.2 Å². The Morgan fingerprint density at radius 2 is 1.55 bits per heavy atom. The Kier molecular flexibility index (Phi) is 4.04. The highest BCUT2D eigenvalue weighted by Crippen LogP contribution is 2.38. The number of aliphatic hydroxyl groups is 1. The van der Waals surface area contributed by atoms with Gasteiger partial charge < -0.3 is 19.6 Å². The molecule has 0 amide bonds. The maximum absolute atomic E-state index is 10.7. The molecule has 4 nitrogen and oxygen atoms in total. The van der Waals surface area contributed by atoms with E-state index in [9.17, 15) is 5.11 Å². The number of hydrogen-bond donors (Lipinski definition) is 2. The number of aryl methyl sites for hydroxylation is 1. The second kappa shape index (κ2) is 5.59. The van der Waals surface area contributed by atoms with Gasteiger partial charge in [0.05, 0.1) is 25.5 Å². The summed E-state index contributed by atoms with van der Waals surface area (Å²) in [6, 6.07) is 5.48. The second-order valence-corrected chi connectivity index (χ2v) is 4.89. The molecule has 0 aliphatic heterocycles. The number of nitrogens with one attached hydrogen (secondary N) is 1. The van der Waals surface area contributed by atoms with Gasteiger partial charge in [0, 0.05) is 5.69 Å². The number of benzene rings is 1. The summed E-state index contributed by atoms with van der Waals surface area (Å²) in [7, 11) is 3.17. The molecule has 2 N–H and O–H groups in total. The molecule has 0 aliphatic carbocycles. The lowest BCUT2D eigenvalue weighted by Crippen LogP contribution is -2.06. The van der Waals surface area contributed by atoms with E-state index in [1.165, 1.54) is 0 Å². The predicted octanol–water partition coefficient (Wildman–Crippen LogP) is 3.04. The summed E-state index contributed by atoms with van der Waals surface area (Å²) in [6.07, 6.45) is -0.812. The van der Waals surface area contributed by atoms with Crippen molar-refractivity contribution in [3.05, 3.63) is 46.3 Å². The Bertz CT molecular complexity index is 594. The van der Waals surface area contributed by atoms with E-state index in [0.717, 1.165) is 22.5 Å². The first-order chi connectivity index (χ1) is 9.51. The zero-order chi connectivity index (χ0) is 14.9. The first-order valence-corrected chi connectivity index (χ1v) is 6.55. The van der Waals surface area contributed by atoms with E-state index in [1.54, 1.807) is 14.2 Å². The van der Waals surface area contributed by atoms with Gasteiger partial charge in [-0.05, 0) is 44.0 Å². The van der Waals surface area contributed by atoms with Crippen LogP contribution in [0.25, 0.3) is 0 Å². The van der Waals surface area contributed by atoms with Gasteiger partial charge in [-0.2, -0.15) is 0 Å². The molecule has 0 fully saturated rings. The van der Waals surface area contributed by atoms with Crippen molar-refractivity contribution in [1.29, 1.82) is 0 Å². The quantitative estimate of drug-likeness (QED) is 0.901. The molecule has 1 aromatic heterocycles. The van der Waals surface area contributed by atoms with Crippen LogP contribution in [0.4, 0.5) is 0 Å². The molecule has 1 aromatic carbocycles. The third kappa shape index (κ3) is 2.27. The number of aromatic amines is 1. The molecule has 0 saturated carbocycles. The van der Waals surface area contributed by atoms with Gasteiger partial charge in [-0.3, -0.25) is 0 Å². The van der Waals surface area contributed by atoms with Crippen molar-refractivity contribution in [3.8, 4) is 11.5 Å². The fraction of sp³-hybridized carbons (Fsp3) is 0.375. The van der Waals surface area contributed by atoms with E-state index in [-0.39, 0.29) is 0 Å². The van der Waals surface area contributed by atoms with E-state index >= 15 is 0 Å². The molecule has 1 heterocycles. The summed E-state index contributed by atoms with van der Waals surface area (Å²) in [5, 5.41) is 10.7. The predicted molar refractivity (Wildman–Crippen MR) is 78.6 cm³/mol. The van der Waals surface area contributed by atoms with Crippen LogP contribution in [0.3, 0.4) is 0 Å². The summed E-state index contributed by atoms with van der Waals surface area (Å²) in [5.74, 6) is 1.22. The number of H-pyrrole nitrogens is 1. The molecule has 0 saturated heterocycles. The fourth-order valence-electron chi connectivity index (χ4n) is 2.44. The van der Waals surface area contributed by atoms with Crippen LogP contribution in [0.5, 0.6) is 11.5 Å². The van der Waals surface area contributed by atoms with Crippen molar-refractivity contribution < 1.29 is 14.6 Å². The first-order valence-electron chi connectivity index (χ1n) is 6.55. The van der Waals surface area contributed by atoms with E-state index in [4.69, 9.17) is 9.47 Å². The number of methoxy groups -OCH3 is 2. The van der Waals surface area contributed by atoms with E-state index in [1.807, 2.05) is 39.0 Å². The third-order valence-electron chi connectivity index (χ3n) is 3.86. The summed E-state index contributed by atoms with van der Waals surface area (Å²) in [5.41, 5.74) is 4.70. The second-order valence-electron chi connectivity index (χ2n) is 4.89. The molecule has 0 radical (unpaired) electrons. The average molecular weight is 275 g/mol. The molecular formula is C16H21NO3. The molecule has 20 heavy (non-hydrogen) atoms. The number of hydrogen-bond acceptors (Lipinski definition) is 3. The van der Waals surface area contributed by atoms with Crippen LogP contribution >= 0.6 is 0 Å². The topological polar surface area (TPSA) is 54.5 Å². The van der Waals surface area contributed by atoms with Gasteiger partial charge in [0.15, 0.2) is 0 Å². The molecule has 0 bridgehead atoms. The molecule has 2 aromatic rings. The van der Waals surface area contributed by atoms with E-state index in [0.29, 0.717) is 17.1 Å². The molecule has 0 aliphatic rings. The van der Waals surface area contributed by atoms with Gasteiger partial charge in [-0.25, -0.2) is 0 Å². The molecule has 108 valence electrons. The van der Waals surface area contributed by atoms with Gasteiger partial charge in [-0.15, -0.1) is 0 Å². The van der Waals surface area contributed by atoms with Gasteiger partial charge in [0.2, 0.25) is 0 Å². The van der Waals surface area contributed by atoms with Crippen molar-refractivity contribution in [2.24, 2.45) is 0 Å². The summed E-state index contributed by atoms with van der Waals surface area (Å²) in [4.78, 5) is 3.25. The van der Waals surface area contributed by atoms with Gasteiger partial charge in [-0.1, -0.05) is 6.07 Å². The maximum atomic E-state index is 10.7. The molecule has 4 heteroatoms. The normalized spacial score (nSPS) is 12.3. The van der Waals surface area contributed by atoms with Crippen molar-refractivity contribution >= 4 is 0 Å². The summed E-state index contributed by atoms with van der Waals surface area (Å²) < 4.78 is 10.7. The number of aromatic nitrogens is 1. The molecule has 1 atom stereocenters. The monoisotopic (exact) mass is 275 g/mol. The largest absolute Gasteiger partial charge is 0.496 e. The summed E-state index contributed by atoms with van der Waals surface area (Å²) >= 11 is 0. The highest BCUT2D eigenvalue weighted by Gasteiger charge is 2.24. The lowest BCUT2D eigenvalue weighted by molar-refractivity contribution is 0.204. The smallest absolute Gasteiger partial charge is 0.128 e. The molecular weight excluding hydrogens is 254 g/mol. The summed E-state index contributed by atoms with van der Waals surface area (Å²) in [6.45, 7) is 6.04. The molecule has 1 unspecified atom stereocenters. The van der Waals surface area contributed by atoms with E-state index in [2.05, 4.69) is 4.98 Å². The number of aliphatic hydroxyl groups excluding tert-OH is 1. The highest BCUT2D eigenvalue weighted by atomic mass is 16.5. The van der Waals surface area contributed by atoms with E-state index < -0.39 is 6.10 Å². The lowest BCUT2D eigenvalue weighted by atomic mass is 10.0. The lowest BCUT2D eigenvalue weighted by Gasteiger charge is -2.18.